The van der Waals surface area contributed by atoms with Crippen molar-refractivity contribution >= 4 is 38.5 Å². The fraction of sp³-hybridized carbons (Fsp3) is 0.143. The van der Waals surface area contributed by atoms with Gasteiger partial charge in [-0.25, -0.2) is 4.39 Å². The molecule has 3 N–H and O–H groups in total. The van der Waals surface area contributed by atoms with Crippen LogP contribution in [0, 0.1) is 9.39 Å². The highest BCUT2D eigenvalue weighted by Gasteiger charge is 2.12. The lowest BCUT2D eigenvalue weighted by Gasteiger charge is -2.17. The summed E-state index contributed by atoms with van der Waals surface area (Å²) in [7, 11) is 0. The number of rotatable bonds is 4. The molecule has 0 amide bonds. The third-order valence-corrected chi connectivity index (χ3v) is 4.26. The lowest BCUT2D eigenvalue weighted by molar-refractivity contribution is 0.543. The number of halogens is 3. The zero-order chi connectivity index (χ0) is 13.8. The second-order valence-corrected chi connectivity index (χ2v) is 6.32. The highest BCUT2D eigenvalue weighted by atomic mass is 127. The maximum atomic E-state index is 13.6. The first-order valence-corrected chi connectivity index (χ1v) is 7.63. The Morgan fingerprint density at radius 3 is 2.47 bits per heavy atom. The monoisotopic (exact) mass is 434 g/mol. The summed E-state index contributed by atoms with van der Waals surface area (Å²) in [5, 5.41) is 0. The van der Waals surface area contributed by atoms with E-state index in [0.717, 1.165) is 11.1 Å². The van der Waals surface area contributed by atoms with Crippen molar-refractivity contribution in [2.75, 3.05) is 0 Å². The predicted octanol–water partition coefficient (Wildman–Crippen LogP) is 3.94. The van der Waals surface area contributed by atoms with Crippen LogP contribution in [0.25, 0.3) is 0 Å². The van der Waals surface area contributed by atoms with Crippen LogP contribution < -0.4 is 11.3 Å². The number of benzene rings is 2. The summed E-state index contributed by atoms with van der Waals surface area (Å²) in [6.45, 7) is 0. The topological polar surface area (TPSA) is 38.0 Å². The molecular formula is C14H13BrFIN2. The van der Waals surface area contributed by atoms with E-state index in [1.807, 2.05) is 18.2 Å². The number of nitrogens with two attached hydrogens (primary N) is 1. The summed E-state index contributed by atoms with van der Waals surface area (Å²) in [4.78, 5) is 0. The number of nitrogens with one attached hydrogen (secondary N) is 1. The van der Waals surface area contributed by atoms with E-state index < -0.39 is 0 Å². The van der Waals surface area contributed by atoms with Gasteiger partial charge in [-0.05, 0) is 80.3 Å². The van der Waals surface area contributed by atoms with Gasteiger partial charge in [0, 0.05) is 3.57 Å². The molecular weight excluding hydrogens is 422 g/mol. The fourth-order valence-corrected chi connectivity index (χ4v) is 2.46. The van der Waals surface area contributed by atoms with Crippen LogP contribution in [-0.4, -0.2) is 0 Å². The van der Waals surface area contributed by atoms with Crippen LogP contribution in [0.1, 0.15) is 17.2 Å². The average Bonchev–Trinajstić information content (AvgIpc) is 2.41. The first kappa shape index (κ1) is 14.9. The van der Waals surface area contributed by atoms with Crippen molar-refractivity contribution in [1.29, 1.82) is 0 Å². The summed E-state index contributed by atoms with van der Waals surface area (Å²) in [5.41, 5.74) is 4.74. The Hall–Kier alpha value is -0.500. The average molecular weight is 435 g/mol. The van der Waals surface area contributed by atoms with Crippen LogP contribution in [0.4, 0.5) is 4.39 Å². The minimum Gasteiger partial charge on any atom is -0.271 e. The molecule has 2 aromatic carbocycles. The molecule has 5 heteroatoms. The predicted molar refractivity (Wildman–Crippen MR) is 87.0 cm³/mol. The SMILES string of the molecule is NNC(Cc1ccc(I)cc1)c1ccc(Br)c(F)c1. The van der Waals surface area contributed by atoms with Gasteiger partial charge < -0.3 is 0 Å². The number of hydrogen-bond donors (Lipinski definition) is 2. The molecule has 19 heavy (non-hydrogen) atoms. The van der Waals surface area contributed by atoms with Crippen LogP contribution in [0.5, 0.6) is 0 Å². The van der Waals surface area contributed by atoms with E-state index in [4.69, 9.17) is 5.84 Å². The summed E-state index contributed by atoms with van der Waals surface area (Å²) in [5.74, 6) is 5.31. The zero-order valence-electron chi connectivity index (χ0n) is 10.0. The van der Waals surface area contributed by atoms with E-state index in [-0.39, 0.29) is 11.9 Å². The Morgan fingerprint density at radius 2 is 1.89 bits per heavy atom. The number of hydrogen-bond acceptors (Lipinski definition) is 2. The van der Waals surface area contributed by atoms with Crippen LogP contribution in [0.2, 0.25) is 0 Å². The van der Waals surface area contributed by atoms with Crippen molar-refractivity contribution in [2.24, 2.45) is 5.84 Å². The molecule has 2 nitrogen and oxygen atoms in total. The van der Waals surface area contributed by atoms with Gasteiger partial charge in [0.1, 0.15) is 5.82 Å². The molecule has 100 valence electrons. The maximum absolute atomic E-state index is 13.6. The largest absolute Gasteiger partial charge is 0.271 e. The Bertz CT molecular complexity index is 560. The minimum absolute atomic E-state index is 0.109. The molecule has 0 aliphatic heterocycles. The quantitative estimate of drug-likeness (QED) is 0.434. The molecule has 2 rings (SSSR count). The Morgan fingerprint density at radius 1 is 1.21 bits per heavy atom. The van der Waals surface area contributed by atoms with Crippen LogP contribution in [0.3, 0.4) is 0 Å². The van der Waals surface area contributed by atoms with E-state index in [9.17, 15) is 4.39 Å². The number of hydrazine groups is 1. The molecule has 1 unspecified atom stereocenters. The van der Waals surface area contributed by atoms with E-state index in [0.29, 0.717) is 10.9 Å². The fourth-order valence-electron chi connectivity index (χ4n) is 1.86. The van der Waals surface area contributed by atoms with E-state index >= 15 is 0 Å². The highest BCUT2D eigenvalue weighted by Crippen LogP contribution is 2.23. The lowest BCUT2D eigenvalue weighted by Crippen LogP contribution is -2.29. The minimum atomic E-state index is -0.277. The van der Waals surface area contributed by atoms with Gasteiger partial charge in [0.2, 0.25) is 0 Å². The van der Waals surface area contributed by atoms with Crippen molar-refractivity contribution in [3.63, 3.8) is 0 Å². The first-order valence-electron chi connectivity index (χ1n) is 5.75. The molecule has 0 heterocycles. The summed E-state index contributed by atoms with van der Waals surface area (Å²) < 4.78 is 15.2. The molecule has 0 fully saturated rings. The molecule has 0 saturated carbocycles. The van der Waals surface area contributed by atoms with Crippen molar-refractivity contribution in [3.05, 3.63) is 67.5 Å². The van der Waals surface area contributed by atoms with Crippen LogP contribution >= 0.6 is 38.5 Å². The van der Waals surface area contributed by atoms with Crippen molar-refractivity contribution in [3.8, 4) is 0 Å². The Labute approximate surface area is 133 Å². The second kappa shape index (κ2) is 6.78. The molecule has 2 aromatic rings. The Balaban J connectivity index is 2.19. The van der Waals surface area contributed by atoms with Gasteiger partial charge in [-0.15, -0.1) is 0 Å². The molecule has 0 saturated heterocycles. The van der Waals surface area contributed by atoms with Gasteiger partial charge in [-0.1, -0.05) is 18.2 Å². The van der Waals surface area contributed by atoms with E-state index in [1.54, 1.807) is 6.07 Å². The van der Waals surface area contributed by atoms with Gasteiger partial charge in [0.05, 0.1) is 10.5 Å². The zero-order valence-corrected chi connectivity index (χ0v) is 13.8. The van der Waals surface area contributed by atoms with Crippen molar-refractivity contribution < 1.29 is 4.39 Å². The third kappa shape index (κ3) is 3.98. The molecule has 0 spiro atoms. The normalized spacial score (nSPS) is 12.4. The van der Waals surface area contributed by atoms with Crippen molar-refractivity contribution in [2.45, 2.75) is 12.5 Å². The highest BCUT2D eigenvalue weighted by molar-refractivity contribution is 14.1. The summed E-state index contributed by atoms with van der Waals surface area (Å²) >= 11 is 5.41. The van der Waals surface area contributed by atoms with Gasteiger partial charge in [0.15, 0.2) is 0 Å². The third-order valence-electron chi connectivity index (χ3n) is 2.90. The molecule has 0 aliphatic carbocycles. The van der Waals surface area contributed by atoms with Gasteiger partial charge in [0.25, 0.3) is 0 Å². The van der Waals surface area contributed by atoms with E-state index in [1.165, 1.54) is 9.64 Å². The summed E-state index contributed by atoms with van der Waals surface area (Å²) in [6, 6.07) is 13.2. The molecule has 0 bridgehead atoms. The van der Waals surface area contributed by atoms with Gasteiger partial charge >= 0.3 is 0 Å². The van der Waals surface area contributed by atoms with Crippen LogP contribution in [0.15, 0.2) is 46.9 Å². The maximum Gasteiger partial charge on any atom is 0.137 e. The molecule has 0 radical (unpaired) electrons. The molecule has 1 atom stereocenters. The van der Waals surface area contributed by atoms with Crippen LogP contribution in [-0.2, 0) is 6.42 Å². The molecule has 0 aliphatic rings. The van der Waals surface area contributed by atoms with Gasteiger partial charge in [-0.3, -0.25) is 11.3 Å². The second-order valence-electron chi connectivity index (χ2n) is 4.22. The standard InChI is InChI=1S/C14H13BrFIN2/c15-12-6-3-10(8-13(12)16)14(19-18)7-9-1-4-11(17)5-2-9/h1-6,8,14,19H,7,18H2. The lowest BCUT2D eigenvalue weighted by atomic mass is 9.99. The smallest absolute Gasteiger partial charge is 0.137 e. The van der Waals surface area contributed by atoms with Gasteiger partial charge in [-0.2, -0.15) is 0 Å². The van der Waals surface area contributed by atoms with Crippen molar-refractivity contribution in [1.82, 2.24) is 5.43 Å². The first-order chi connectivity index (χ1) is 9.10. The summed E-state index contributed by atoms with van der Waals surface area (Å²) in [6.07, 6.45) is 0.717. The Kier molecular flexibility index (Phi) is 5.32. The molecule has 0 aromatic heterocycles. The van der Waals surface area contributed by atoms with E-state index in [2.05, 4.69) is 56.1 Å².